The van der Waals surface area contributed by atoms with Gasteiger partial charge in [0.2, 0.25) is 5.88 Å². The van der Waals surface area contributed by atoms with Crippen LogP contribution >= 0.6 is 0 Å². The summed E-state index contributed by atoms with van der Waals surface area (Å²) in [7, 11) is 0. The Morgan fingerprint density at radius 3 is 2.40 bits per heavy atom. The summed E-state index contributed by atoms with van der Waals surface area (Å²) in [5, 5.41) is 21.2. The summed E-state index contributed by atoms with van der Waals surface area (Å²) in [6.07, 6.45) is 0. The molecular weight excluding hydrogens is 324 g/mol. The minimum atomic E-state index is -0.876. The summed E-state index contributed by atoms with van der Waals surface area (Å²) in [4.78, 5) is 28.3. The highest BCUT2D eigenvalue weighted by Gasteiger charge is 2.39. The van der Waals surface area contributed by atoms with Crippen LogP contribution < -0.4 is 5.73 Å². The first-order valence-corrected chi connectivity index (χ1v) is 7.23. The number of carbonyl (C=O) groups excluding carboxylic acids is 1. The molecule has 1 aliphatic heterocycles. The van der Waals surface area contributed by atoms with Gasteiger partial charge in [-0.2, -0.15) is 10.3 Å². The van der Waals surface area contributed by atoms with Crippen molar-refractivity contribution in [1.29, 1.82) is 5.26 Å². The van der Waals surface area contributed by atoms with E-state index in [1.165, 1.54) is 24.3 Å². The number of non-ortho nitro benzene ring substituents is 1. The number of nitrogens with zero attached hydrogens (tertiary/aromatic N) is 3. The fourth-order valence-corrected chi connectivity index (χ4v) is 2.52. The Hall–Kier alpha value is -3.86. The second-order valence-electron chi connectivity index (χ2n) is 5.23. The predicted octanol–water partition coefficient (Wildman–Crippen LogP) is 2.42. The average molecular weight is 336 g/mol. The number of nitriles is 1. The molecule has 0 aromatic heterocycles. The van der Waals surface area contributed by atoms with Crippen LogP contribution in [0.3, 0.4) is 0 Å². The molecule has 0 radical (unpaired) electrons. The smallest absolute Gasteiger partial charge is 0.287 e. The van der Waals surface area contributed by atoms with Gasteiger partial charge in [-0.15, -0.1) is 0 Å². The maximum atomic E-state index is 12.7. The Labute approximate surface area is 142 Å². The molecule has 0 fully saturated rings. The van der Waals surface area contributed by atoms with Gasteiger partial charge in [0.1, 0.15) is 17.7 Å². The van der Waals surface area contributed by atoms with Crippen LogP contribution in [-0.4, -0.2) is 15.9 Å². The summed E-state index contributed by atoms with van der Waals surface area (Å²) >= 11 is 0. The van der Waals surface area contributed by atoms with E-state index in [1.807, 2.05) is 6.07 Å². The zero-order chi connectivity index (χ0) is 18.0. The van der Waals surface area contributed by atoms with Crippen LogP contribution in [0.15, 0.2) is 66.1 Å². The molecule has 0 spiro atoms. The topological polar surface area (TPSA) is 122 Å². The number of hydrogen-bond donors (Lipinski definition) is 1. The third-order valence-corrected chi connectivity index (χ3v) is 3.73. The van der Waals surface area contributed by atoms with Crippen molar-refractivity contribution >= 4 is 11.6 Å². The van der Waals surface area contributed by atoms with Crippen molar-refractivity contribution in [3.63, 3.8) is 0 Å². The predicted molar refractivity (Wildman–Crippen MR) is 86.4 cm³/mol. The third kappa shape index (κ3) is 2.86. The molecule has 0 saturated carbocycles. The molecule has 0 bridgehead atoms. The summed E-state index contributed by atoms with van der Waals surface area (Å²) in [5.41, 5.74) is 6.55. The van der Waals surface area contributed by atoms with Gasteiger partial charge in [-0.3, -0.25) is 14.9 Å². The standard InChI is InChI=1S/C17H12N4O4/c18-10-14-15(11-6-8-13(9-7-11)21(23)24)20(25-16(14)19)17(22)12-4-2-1-3-5-12/h1-9,15H,19H2. The molecule has 124 valence electrons. The van der Waals surface area contributed by atoms with Gasteiger partial charge in [-0.1, -0.05) is 18.2 Å². The van der Waals surface area contributed by atoms with E-state index < -0.39 is 16.9 Å². The number of amides is 1. The lowest BCUT2D eigenvalue weighted by Gasteiger charge is -2.23. The highest BCUT2D eigenvalue weighted by atomic mass is 16.7. The zero-order valence-corrected chi connectivity index (χ0v) is 12.8. The van der Waals surface area contributed by atoms with E-state index in [4.69, 9.17) is 10.6 Å². The van der Waals surface area contributed by atoms with Gasteiger partial charge in [-0.05, 0) is 29.8 Å². The van der Waals surface area contributed by atoms with Crippen LogP contribution in [0.4, 0.5) is 5.69 Å². The fraction of sp³-hybridized carbons (Fsp3) is 0.0588. The van der Waals surface area contributed by atoms with Crippen LogP contribution in [0.2, 0.25) is 0 Å². The first-order chi connectivity index (χ1) is 12.0. The van der Waals surface area contributed by atoms with Crippen LogP contribution in [-0.2, 0) is 4.84 Å². The van der Waals surface area contributed by atoms with Crippen molar-refractivity contribution in [2.45, 2.75) is 6.04 Å². The molecule has 2 aromatic carbocycles. The second kappa shape index (κ2) is 6.33. The van der Waals surface area contributed by atoms with E-state index in [2.05, 4.69) is 0 Å². The number of nitro groups is 1. The lowest BCUT2D eigenvalue weighted by molar-refractivity contribution is -0.384. The molecular formula is C17H12N4O4. The van der Waals surface area contributed by atoms with Crippen LogP contribution in [0.1, 0.15) is 22.0 Å². The van der Waals surface area contributed by atoms with Gasteiger partial charge >= 0.3 is 0 Å². The molecule has 8 nitrogen and oxygen atoms in total. The van der Waals surface area contributed by atoms with Gasteiger partial charge in [0, 0.05) is 17.7 Å². The first-order valence-electron chi connectivity index (χ1n) is 7.23. The largest absolute Gasteiger partial charge is 0.367 e. The number of hydroxylamine groups is 2. The highest BCUT2D eigenvalue weighted by Crippen LogP contribution is 2.37. The monoisotopic (exact) mass is 336 g/mol. The normalized spacial score (nSPS) is 16.3. The van der Waals surface area contributed by atoms with Gasteiger partial charge < -0.3 is 10.6 Å². The molecule has 25 heavy (non-hydrogen) atoms. The van der Waals surface area contributed by atoms with Crippen LogP contribution in [0, 0.1) is 21.4 Å². The van der Waals surface area contributed by atoms with Gasteiger partial charge in [0.25, 0.3) is 11.6 Å². The quantitative estimate of drug-likeness (QED) is 0.678. The SMILES string of the molecule is N#CC1=C(N)ON(C(=O)c2ccccc2)C1c1ccc([N+](=O)[O-])cc1. The Morgan fingerprint density at radius 2 is 1.84 bits per heavy atom. The summed E-state index contributed by atoms with van der Waals surface area (Å²) in [5.74, 6) is -0.646. The zero-order valence-electron chi connectivity index (χ0n) is 12.8. The Balaban J connectivity index is 2.01. The molecule has 1 heterocycles. The Bertz CT molecular complexity index is 900. The van der Waals surface area contributed by atoms with Crippen molar-refractivity contribution in [2.75, 3.05) is 0 Å². The Morgan fingerprint density at radius 1 is 1.20 bits per heavy atom. The minimum Gasteiger partial charge on any atom is -0.367 e. The summed E-state index contributed by atoms with van der Waals surface area (Å²) < 4.78 is 0. The van der Waals surface area contributed by atoms with E-state index in [-0.39, 0.29) is 17.1 Å². The van der Waals surface area contributed by atoms with Crippen molar-refractivity contribution in [3.05, 3.63) is 87.3 Å². The van der Waals surface area contributed by atoms with Crippen molar-refractivity contribution < 1.29 is 14.6 Å². The molecule has 2 aromatic rings. The molecule has 1 amide bonds. The highest BCUT2D eigenvalue weighted by molar-refractivity contribution is 5.94. The van der Waals surface area contributed by atoms with Crippen LogP contribution in [0.25, 0.3) is 0 Å². The fourth-order valence-electron chi connectivity index (χ4n) is 2.52. The third-order valence-electron chi connectivity index (χ3n) is 3.73. The van der Waals surface area contributed by atoms with E-state index in [0.29, 0.717) is 11.1 Å². The lowest BCUT2D eigenvalue weighted by atomic mass is 9.99. The number of rotatable bonds is 3. The number of nitro benzene ring substituents is 1. The summed E-state index contributed by atoms with van der Waals surface area (Å²) in [6, 6.07) is 15.0. The number of benzene rings is 2. The molecule has 2 N–H and O–H groups in total. The van der Waals surface area contributed by atoms with E-state index >= 15 is 0 Å². The molecule has 3 rings (SSSR count). The van der Waals surface area contributed by atoms with E-state index in [1.54, 1.807) is 30.3 Å². The number of nitrogens with two attached hydrogens (primary N) is 1. The molecule has 8 heteroatoms. The van der Waals surface area contributed by atoms with Crippen molar-refractivity contribution in [1.82, 2.24) is 5.06 Å². The molecule has 1 unspecified atom stereocenters. The molecule has 1 atom stereocenters. The summed E-state index contributed by atoms with van der Waals surface area (Å²) in [6.45, 7) is 0. The average Bonchev–Trinajstić information content (AvgIpc) is 2.98. The van der Waals surface area contributed by atoms with Gasteiger partial charge in [0.05, 0.1) is 4.92 Å². The van der Waals surface area contributed by atoms with Gasteiger partial charge in [0.15, 0.2) is 0 Å². The number of hydrogen-bond acceptors (Lipinski definition) is 6. The van der Waals surface area contributed by atoms with Crippen molar-refractivity contribution in [2.24, 2.45) is 5.73 Å². The maximum Gasteiger partial charge on any atom is 0.287 e. The van der Waals surface area contributed by atoms with E-state index in [0.717, 1.165) is 5.06 Å². The maximum absolute atomic E-state index is 12.7. The lowest BCUT2D eigenvalue weighted by Crippen LogP contribution is -2.31. The number of carbonyl (C=O) groups is 1. The molecule has 0 saturated heterocycles. The first kappa shape index (κ1) is 16.0. The van der Waals surface area contributed by atoms with Crippen molar-refractivity contribution in [3.8, 4) is 6.07 Å². The molecule has 1 aliphatic rings. The second-order valence-corrected chi connectivity index (χ2v) is 5.23. The Kier molecular flexibility index (Phi) is 4.05. The van der Waals surface area contributed by atoms with Gasteiger partial charge in [-0.25, -0.2) is 0 Å². The van der Waals surface area contributed by atoms with Crippen LogP contribution in [0.5, 0.6) is 0 Å². The minimum absolute atomic E-state index is 0.0677. The van der Waals surface area contributed by atoms with E-state index in [9.17, 15) is 20.2 Å². The molecule has 0 aliphatic carbocycles.